The SMILES string of the molecule is [C-]#[N+][C@](C(=O)OC)(c1ccccc1)[C@H]1CC(=O)N(c2cccc(O)c2)C1=O. The van der Waals surface area contributed by atoms with Gasteiger partial charge in [0.1, 0.15) is 11.7 Å². The molecule has 1 aliphatic rings. The summed E-state index contributed by atoms with van der Waals surface area (Å²) < 4.78 is 4.84. The molecule has 1 aliphatic heterocycles. The summed E-state index contributed by atoms with van der Waals surface area (Å²) in [6, 6.07) is 13.8. The predicted octanol–water partition coefficient (Wildman–Crippen LogP) is 2.26. The van der Waals surface area contributed by atoms with Crippen LogP contribution in [0.25, 0.3) is 4.85 Å². The van der Waals surface area contributed by atoms with Gasteiger partial charge >= 0.3 is 11.5 Å². The Bertz CT molecular complexity index is 950. The second-order valence-corrected chi connectivity index (χ2v) is 6.08. The number of anilines is 1. The molecule has 7 heteroatoms. The monoisotopic (exact) mass is 364 g/mol. The molecule has 7 nitrogen and oxygen atoms in total. The highest BCUT2D eigenvalue weighted by molar-refractivity contribution is 6.22. The third-order valence-corrected chi connectivity index (χ3v) is 4.63. The van der Waals surface area contributed by atoms with E-state index >= 15 is 0 Å². The molecule has 0 aromatic heterocycles. The van der Waals surface area contributed by atoms with Crippen LogP contribution < -0.4 is 4.90 Å². The van der Waals surface area contributed by atoms with Crippen molar-refractivity contribution in [3.8, 4) is 5.75 Å². The molecule has 1 N–H and O–H groups in total. The Labute approximate surface area is 155 Å². The van der Waals surface area contributed by atoms with E-state index in [9.17, 15) is 19.5 Å². The molecule has 0 unspecified atom stereocenters. The van der Waals surface area contributed by atoms with E-state index < -0.39 is 29.2 Å². The Morgan fingerprint density at radius 2 is 1.93 bits per heavy atom. The smallest absolute Gasteiger partial charge is 0.399 e. The van der Waals surface area contributed by atoms with Crippen molar-refractivity contribution >= 4 is 23.5 Å². The van der Waals surface area contributed by atoms with Crippen LogP contribution >= 0.6 is 0 Å². The summed E-state index contributed by atoms with van der Waals surface area (Å²) in [6.45, 7) is 7.71. The zero-order chi connectivity index (χ0) is 19.6. The number of nitrogens with zero attached hydrogens (tertiary/aromatic N) is 2. The summed E-state index contributed by atoms with van der Waals surface area (Å²) in [7, 11) is 1.14. The summed E-state index contributed by atoms with van der Waals surface area (Å²) in [4.78, 5) is 42.7. The molecule has 2 aromatic carbocycles. The number of methoxy groups -OCH3 is 1. The number of esters is 1. The number of carbonyl (C=O) groups excluding carboxylic acids is 3. The second kappa shape index (κ2) is 6.92. The molecule has 1 fully saturated rings. The quantitative estimate of drug-likeness (QED) is 0.511. The van der Waals surface area contributed by atoms with Gasteiger partial charge in [-0.2, -0.15) is 0 Å². The number of carbonyl (C=O) groups is 3. The van der Waals surface area contributed by atoms with Crippen LogP contribution in [0.4, 0.5) is 5.69 Å². The van der Waals surface area contributed by atoms with Crippen LogP contribution in [0.2, 0.25) is 0 Å². The minimum Gasteiger partial charge on any atom is -0.508 e. The van der Waals surface area contributed by atoms with Gasteiger partial charge in [-0.1, -0.05) is 36.4 Å². The highest BCUT2D eigenvalue weighted by atomic mass is 16.5. The maximum atomic E-state index is 13.1. The Hall–Kier alpha value is -3.66. The van der Waals surface area contributed by atoms with E-state index in [-0.39, 0.29) is 23.4 Å². The normalized spacial score (nSPS) is 18.7. The highest BCUT2D eigenvalue weighted by Crippen LogP contribution is 2.43. The van der Waals surface area contributed by atoms with Crippen molar-refractivity contribution < 1.29 is 24.2 Å². The van der Waals surface area contributed by atoms with E-state index in [2.05, 4.69) is 4.85 Å². The lowest BCUT2D eigenvalue weighted by Crippen LogP contribution is -2.45. The van der Waals surface area contributed by atoms with Crippen molar-refractivity contribution in [1.29, 1.82) is 0 Å². The van der Waals surface area contributed by atoms with Crippen molar-refractivity contribution in [3.63, 3.8) is 0 Å². The largest absolute Gasteiger partial charge is 0.508 e. The van der Waals surface area contributed by atoms with Gasteiger partial charge in [0.05, 0.1) is 12.8 Å². The zero-order valence-electron chi connectivity index (χ0n) is 14.5. The Kier molecular flexibility index (Phi) is 4.65. The van der Waals surface area contributed by atoms with Crippen LogP contribution in [-0.2, 0) is 24.7 Å². The first-order chi connectivity index (χ1) is 13.0. The van der Waals surface area contributed by atoms with E-state index in [0.29, 0.717) is 0 Å². The molecule has 3 rings (SSSR count). The maximum absolute atomic E-state index is 13.1. The highest BCUT2D eigenvalue weighted by Gasteiger charge is 2.63. The molecule has 2 aromatic rings. The number of imide groups is 1. The topological polar surface area (TPSA) is 88.3 Å². The van der Waals surface area contributed by atoms with Crippen molar-refractivity contribution in [2.45, 2.75) is 12.0 Å². The van der Waals surface area contributed by atoms with Gasteiger partial charge in [-0.25, -0.2) is 16.3 Å². The Morgan fingerprint density at radius 1 is 1.22 bits per heavy atom. The fraction of sp³-hybridized carbons (Fsp3) is 0.200. The van der Waals surface area contributed by atoms with Crippen molar-refractivity contribution in [2.75, 3.05) is 12.0 Å². The number of hydrogen-bond acceptors (Lipinski definition) is 5. The summed E-state index contributed by atoms with van der Waals surface area (Å²) in [6.07, 6.45) is -0.319. The first kappa shape index (κ1) is 18.1. The molecule has 1 heterocycles. The number of amides is 2. The Balaban J connectivity index is 2.12. The lowest BCUT2D eigenvalue weighted by molar-refractivity contribution is -0.149. The molecule has 136 valence electrons. The van der Waals surface area contributed by atoms with Crippen molar-refractivity contribution in [1.82, 2.24) is 0 Å². The van der Waals surface area contributed by atoms with Crippen LogP contribution in [0.1, 0.15) is 12.0 Å². The summed E-state index contributed by atoms with van der Waals surface area (Å²) in [5.41, 5.74) is -1.49. The number of benzene rings is 2. The van der Waals surface area contributed by atoms with Gasteiger partial charge in [-0.15, -0.1) is 0 Å². The van der Waals surface area contributed by atoms with E-state index in [1.807, 2.05) is 0 Å². The number of rotatable bonds is 4. The first-order valence-corrected chi connectivity index (χ1v) is 8.14. The van der Waals surface area contributed by atoms with Gasteiger partial charge < -0.3 is 9.84 Å². The molecule has 0 bridgehead atoms. The standard InChI is InChI=1S/C20H16N2O5/c1-21-20(19(26)27-2,13-7-4-3-5-8-13)16-12-17(24)22(18(16)25)14-9-6-10-15(23)11-14/h3-11,16,23H,12H2,2H3/t16-,20+/m0/s1. The number of ether oxygens (including phenoxy) is 1. The molecule has 0 aliphatic carbocycles. The van der Waals surface area contributed by atoms with E-state index in [4.69, 9.17) is 11.3 Å². The van der Waals surface area contributed by atoms with Gasteiger partial charge in [-0.05, 0) is 12.1 Å². The molecule has 27 heavy (non-hydrogen) atoms. The van der Waals surface area contributed by atoms with Gasteiger partial charge in [0, 0.05) is 18.1 Å². The van der Waals surface area contributed by atoms with Crippen LogP contribution in [-0.4, -0.2) is 30.0 Å². The summed E-state index contributed by atoms with van der Waals surface area (Å²) >= 11 is 0. The number of aromatic hydroxyl groups is 1. The van der Waals surface area contributed by atoms with E-state index in [0.717, 1.165) is 12.0 Å². The molecular formula is C20H16N2O5. The van der Waals surface area contributed by atoms with E-state index in [1.54, 1.807) is 30.3 Å². The van der Waals surface area contributed by atoms with Gasteiger partial charge in [-0.3, -0.25) is 14.4 Å². The fourth-order valence-corrected chi connectivity index (χ4v) is 3.36. The van der Waals surface area contributed by atoms with Crippen molar-refractivity contribution in [3.05, 3.63) is 71.6 Å². The van der Waals surface area contributed by atoms with Crippen LogP contribution in [0.3, 0.4) is 0 Å². The van der Waals surface area contributed by atoms with Gasteiger partial charge in [0.25, 0.3) is 0 Å². The number of phenols is 1. The maximum Gasteiger partial charge on any atom is 0.399 e. The van der Waals surface area contributed by atoms with Gasteiger partial charge in [0.2, 0.25) is 11.8 Å². The summed E-state index contributed by atoms with van der Waals surface area (Å²) in [5, 5.41) is 9.65. The minimum atomic E-state index is -1.96. The van der Waals surface area contributed by atoms with Crippen molar-refractivity contribution in [2.24, 2.45) is 5.92 Å². The molecule has 0 spiro atoms. The lowest BCUT2D eigenvalue weighted by Gasteiger charge is -2.24. The predicted molar refractivity (Wildman–Crippen MR) is 95.4 cm³/mol. The second-order valence-electron chi connectivity index (χ2n) is 6.08. The Morgan fingerprint density at radius 3 is 2.52 bits per heavy atom. The van der Waals surface area contributed by atoms with Crippen LogP contribution in [0.15, 0.2) is 54.6 Å². The van der Waals surface area contributed by atoms with E-state index in [1.165, 1.54) is 24.3 Å². The lowest BCUT2D eigenvalue weighted by atomic mass is 9.77. The number of phenolic OH excluding ortho intramolecular Hbond substituents is 1. The van der Waals surface area contributed by atoms with Crippen LogP contribution in [0.5, 0.6) is 5.75 Å². The molecule has 2 atom stereocenters. The fourth-order valence-electron chi connectivity index (χ4n) is 3.36. The average Bonchev–Trinajstić information content (AvgIpc) is 2.98. The van der Waals surface area contributed by atoms with Crippen LogP contribution in [0, 0.1) is 12.5 Å². The molecular weight excluding hydrogens is 348 g/mol. The molecule has 0 radical (unpaired) electrons. The molecule has 1 saturated heterocycles. The molecule has 0 saturated carbocycles. The van der Waals surface area contributed by atoms with Gasteiger partial charge in [0.15, 0.2) is 0 Å². The molecule has 2 amide bonds. The average molecular weight is 364 g/mol. The first-order valence-electron chi connectivity index (χ1n) is 8.14. The zero-order valence-corrected chi connectivity index (χ0v) is 14.5. The third kappa shape index (κ3) is 2.81. The third-order valence-electron chi connectivity index (χ3n) is 4.63. The summed E-state index contributed by atoms with van der Waals surface area (Å²) in [5.74, 6) is -3.48. The minimum absolute atomic E-state index is 0.107. The number of hydrogen-bond donors (Lipinski definition) is 1.